The van der Waals surface area contributed by atoms with Gasteiger partial charge >= 0.3 is 0 Å². The molecule has 2 heterocycles. The van der Waals surface area contributed by atoms with Crippen LogP contribution >= 0.6 is 15.9 Å². The molecule has 0 saturated carbocycles. The highest BCUT2D eigenvalue weighted by Gasteiger charge is 2.14. The Morgan fingerprint density at radius 3 is 3.22 bits per heavy atom. The molecule has 0 aromatic carbocycles. The van der Waals surface area contributed by atoms with Crippen LogP contribution in [0, 0.1) is 5.92 Å². The maximum absolute atomic E-state index is 11.8. The minimum atomic E-state index is 0.0641. The summed E-state index contributed by atoms with van der Waals surface area (Å²) < 4.78 is 0.678. The SMILES string of the molecule is O=C(CCC1CCCNC1)Nc1cccnc1Br. The van der Waals surface area contributed by atoms with Crippen molar-refractivity contribution in [3.05, 3.63) is 22.9 Å². The van der Waals surface area contributed by atoms with Crippen LogP contribution in [0.3, 0.4) is 0 Å². The molecule has 1 unspecified atom stereocenters. The minimum Gasteiger partial charge on any atom is -0.324 e. The van der Waals surface area contributed by atoms with Crippen LogP contribution in [0.15, 0.2) is 22.9 Å². The predicted octanol–water partition coefficient (Wildman–Crippen LogP) is 2.56. The van der Waals surface area contributed by atoms with Crippen LogP contribution < -0.4 is 10.6 Å². The van der Waals surface area contributed by atoms with Gasteiger partial charge in [0.1, 0.15) is 4.60 Å². The van der Waals surface area contributed by atoms with Crippen molar-refractivity contribution >= 4 is 27.5 Å². The first-order valence-electron chi connectivity index (χ1n) is 6.37. The molecule has 1 saturated heterocycles. The van der Waals surface area contributed by atoms with Gasteiger partial charge in [-0.3, -0.25) is 4.79 Å². The summed E-state index contributed by atoms with van der Waals surface area (Å²) in [6.45, 7) is 2.16. The zero-order chi connectivity index (χ0) is 12.8. The van der Waals surface area contributed by atoms with Gasteiger partial charge in [-0.1, -0.05) is 0 Å². The van der Waals surface area contributed by atoms with Crippen molar-refractivity contribution in [1.29, 1.82) is 0 Å². The van der Waals surface area contributed by atoms with E-state index in [1.807, 2.05) is 12.1 Å². The molecule has 0 radical (unpaired) electrons. The van der Waals surface area contributed by atoms with Gasteiger partial charge in [-0.05, 0) is 66.3 Å². The summed E-state index contributed by atoms with van der Waals surface area (Å²) >= 11 is 3.32. The lowest BCUT2D eigenvalue weighted by molar-refractivity contribution is -0.116. The fourth-order valence-corrected chi connectivity index (χ4v) is 2.55. The van der Waals surface area contributed by atoms with Crippen molar-refractivity contribution in [3.63, 3.8) is 0 Å². The summed E-state index contributed by atoms with van der Waals surface area (Å²) in [6, 6.07) is 3.66. The third-order valence-corrected chi connectivity index (χ3v) is 3.84. The first kappa shape index (κ1) is 13.5. The molecule has 0 aliphatic carbocycles. The molecule has 1 aromatic rings. The molecule has 5 heteroatoms. The molecule has 1 aromatic heterocycles. The number of hydrogen-bond donors (Lipinski definition) is 2. The minimum absolute atomic E-state index is 0.0641. The molecule has 4 nitrogen and oxygen atoms in total. The zero-order valence-electron chi connectivity index (χ0n) is 10.3. The molecule has 1 fully saturated rings. The Kier molecular flexibility index (Phi) is 5.13. The highest BCUT2D eigenvalue weighted by atomic mass is 79.9. The summed E-state index contributed by atoms with van der Waals surface area (Å²) in [6.07, 6.45) is 5.68. The summed E-state index contributed by atoms with van der Waals surface area (Å²) in [5, 5.41) is 6.25. The summed E-state index contributed by atoms with van der Waals surface area (Å²) in [5.74, 6) is 0.705. The van der Waals surface area contributed by atoms with E-state index in [0.717, 1.165) is 25.2 Å². The van der Waals surface area contributed by atoms with E-state index in [9.17, 15) is 4.79 Å². The average Bonchev–Trinajstić information content (AvgIpc) is 2.40. The fourth-order valence-electron chi connectivity index (χ4n) is 2.20. The second-order valence-corrected chi connectivity index (χ2v) is 5.39. The van der Waals surface area contributed by atoms with Crippen molar-refractivity contribution in [1.82, 2.24) is 10.3 Å². The first-order valence-corrected chi connectivity index (χ1v) is 7.16. The molecule has 18 heavy (non-hydrogen) atoms. The summed E-state index contributed by atoms with van der Waals surface area (Å²) in [5.41, 5.74) is 0.740. The monoisotopic (exact) mass is 311 g/mol. The second kappa shape index (κ2) is 6.85. The van der Waals surface area contributed by atoms with Gasteiger partial charge in [-0.15, -0.1) is 0 Å². The Balaban J connectivity index is 1.76. The number of nitrogens with zero attached hydrogens (tertiary/aromatic N) is 1. The van der Waals surface area contributed by atoms with Gasteiger partial charge in [0.05, 0.1) is 5.69 Å². The molecule has 2 rings (SSSR count). The van der Waals surface area contributed by atoms with Crippen LogP contribution in [-0.4, -0.2) is 24.0 Å². The van der Waals surface area contributed by atoms with Gasteiger partial charge in [-0.2, -0.15) is 0 Å². The number of amides is 1. The number of piperidine rings is 1. The first-order chi connectivity index (χ1) is 8.75. The van der Waals surface area contributed by atoms with E-state index in [-0.39, 0.29) is 5.91 Å². The van der Waals surface area contributed by atoms with Crippen LogP contribution in [0.4, 0.5) is 5.69 Å². The van der Waals surface area contributed by atoms with Gasteiger partial charge < -0.3 is 10.6 Å². The highest BCUT2D eigenvalue weighted by molar-refractivity contribution is 9.10. The predicted molar refractivity (Wildman–Crippen MR) is 75.4 cm³/mol. The standard InChI is InChI=1S/C13H18BrN3O/c14-13-11(4-2-8-16-13)17-12(18)6-5-10-3-1-7-15-9-10/h2,4,8,10,15H,1,3,5-7,9H2,(H,17,18). The third kappa shape index (κ3) is 4.07. The second-order valence-electron chi connectivity index (χ2n) is 4.64. The number of nitrogens with one attached hydrogen (secondary N) is 2. The largest absolute Gasteiger partial charge is 0.324 e. The van der Waals surface area contributed by atoms with Crippen LogP contribution in [0.2, 0.25) is 0 Å². The fraction of sp³-hybridized carbons (Fsp3) is 0.538. The lowest BCUT2D eigenvalue weighted by Gasteiger charge is -2.22. The Labute approximate surface area is 116 Å². The molecular weight excluding hydrogens is 294 g/mol. The smallest absolute Gasteiger partial charge is 0.224 e. The Morgan fingerprint density at radius 2 is 2.50 bits per heavy atom. The lowest BCUT2D eigenvalue weighted by atomic mass is 9.94. The van der Waals surface area contributed by atoms with Crippen molar-refractivity contribution in [2.24, 2.45) is 5.92 Å². The van der Waals surface area contributed by atoms with Crippen molar-refractivity contribution in [3.8, 4) is 0 Å². The maximum atomic E-state index is 11.8. The normalized spacial score (nSPS) is 19.5. The Morgan fingerprint density at radius 1 is 1.61 bits per heavy atom. The number of pyridine rings is 1. The van der Waals surface area contributed by atoms with Crippen molar-refractivity contribution in [2.45, 2.75) is 25.7 Å². The Bertz CT molecular complexity index is 405. The van der Waals surface area contributed by atoms with Crippen LogP contribution in [0.25, 0.3) is 0 Å². The molecule has 2 N–H and O–H groups in total. The number of rotatable bonds is 4. The quantitative estimate of drug-likeness (QED) is 0.840. The molecule has 1 amide bonds. The number of anilines is 1. The van der Waals surface area contributed by atoms with Crippen LogP contribution in [-0.2, 0) is 4.79 Å². The topological polar surface area (TPSA) is 54.0 Å². The van der Waals surface area contributed by atoms with Gasteiger partial charge in [0, 0.05) is 12.6 Å². The van der Waals surface area contributed by atoms with Crippen molar-refractivity contribution in [2.75, 3.05) is 18.4 Å². The lowest BCUT2D eigenvalue weighted by Crippen LogP contribution is -2.30. The van der Waals surface area contributed by atoms with Crippen molar-refractivity contribution < 1.29 is 4.79 Å². The summed E-state index contributed by atoms with van der Waals surface area (Å²) in [4.78, 5) is 15.9. The van der Waals surface area contributed by atoms with Crippen LogP contribution in [0.5, 0.6) is 0 Å². The molecule has 0 bridgehead atoms. The molecular formula is C13H18BrN3O. The number of carbonyl (C=O) groups is 1. The molecule has 1 aliphatic rings. The van der Waals surface area contributed by atoms with Gasteiger partial charge in [0.15, 0.2) is 0 Å². The third-order valence-electron chi connectivity index (χ3n) is 3.21. The van der Waals surface area contributed by atoms with Gasteiger partial charge in [0.25, 0.3) is 0 Å². The summed E-state index contributed by atoms with van der Waals surface area (Å²) in [7, 11) is 0. The maximum Gasteiger partial charge on any atom is 0.224 e. The number of hydrogen-bond acceptors (Lipinski definition) is 3. The van der Waals surface area contributed by atoms with E-state index in [4.69, 9.17) is 0 Å². The van der Waals surface area contributed by atoms with Gasteiger partial charge in [-0.25, -0.2) is 4.98 Å². The van der Waals surface area contributed by atoms with E-state index in [2.05, 4.69) is 31.5 Å². The number of aromatic nitrogens is 1. The van der Waals surface area contributed by atoms with E-state index in [1.165, 1.54) is 12.8 Å². The average molecular weight is 312 g/mol. The molecule has 0 spiro atoms. The molecule has 1 aliphatic heterocycles. The van der Waals surface area contributed by atoms with E-state index < -0.39 is 0 Å². The highest BCUT2D eigenvalue weighted by Crippen LogP contribution is 2.20. The van der Waals surface area contributed by atoms with E-state index in [1.54, 1.807) is 6.20 Å². The van der Waals surface area contributed by atoms with E-state index in [0.29, 0.717) is 16.9 Å². The van der Waals surface area contributed by atoms with Gasteiger partial charge in [0.2, 0.25) is 5.91 Å². The molecule has 98 valence electrons. The molecule has 1 atom stereocenters. The number of carbonyl (C=O) groups excluding carboxylic acids is 1. The zero-order valence-corrected chi connectivity index (χ0v) is 11.9. The van der Waals surface area contributed by atoms with Crippen LogP contribution in [0.1, 0.15) is 25.7 Å². The van der Waals surface area contributed by atoms with E-state index >= 15 is 0 Å². The number of halogens is 1. The Hall–Kier alpha value is -0.940.